The number of hydrogen-bond donors (Lipinski definition) is 1. The summed E-state index contributed by atoms with van der Waals surface area (Å²) in [5.74, 6) is -0.0378. The van der Waals surface area contributed by atoms with E-state index in [0.717, 1.165) is 0 Å². The van der Waals surface area contributed by atoms with Gasteiger partial charge in [-0.25, -0.2) is 9.07 Å². The summed E-state index contributed by atoms with van der Waals surface area (Å²) in [7, 11) is 1.50. The third kappa shape index (κ3) is 3.76. The highest BCUT2D eigenvalue weighted by Crippen LogP contribution is 2.26. The number of ether oxygens (including phenoxy) is 1. The zero-order chi connectivity index (χ0) is 20.4. The molecule has 148 valence electrons. The normalized spacial score (nSPS) is 12.3. The molecule has 0 saturated carbocycles. The van der Waals surface area contributed by atoms with Gasteiger partial charge >= 0.3 is 0 Å². The highest BCUT2D eigenvalue weighted by atomic mass is 32.2. The molecular formula is C18H15FN6O3S. The lowest BCUT2D eigenvalue weighted by Crippen LogP contribution is -2.11. The average Bonchev–Trinajstić information content (AvgIpc) is 3.36. The molecule has 0 aliphatic carbocycles. The van der Waals surface area contributed by atoms with Gasteiger partial charge < -0.3 is 13.8 Å². The maximum Gasteiger partial charge on any atom is 0.280 e. The van der Waals surface area contributed by atoms with Crippen LogP contribution in [0.5, 0.6) is 0 Å². The fourth-order valence-corrected chi connectivity index (χ4v) is 3.13. The molecule has 4 rings (SSSR count). The van der Waals surface area contributed by atoms with Crippen LogP contribution in [0.2, 0.25) is 0 Å². The first-order valence-electron chi connectivity index (χ1n) is 8.37. The Labute approximate surface area is 167 Å². The van der Waals surface area contributed by atoms with Gasteiger partial charge in [0.1, 0.15) is 17.2 Å². The Morgan fingerprint density at radius 2 is 1.97 bits per heavy atom. The summed E-state index contributed by atoms with van der Waals surface area (Å²) in [6.07, 6.45) is 0. The van der Waals surface area contributed by atoms with Crippen LogP contribution in [0.3, 0.4) is 0 Å². The molecule has 0 fully saturated rings. The summed E-state index contributed by atoms with van der Waals surface area (Å²) in [6, 6.07) is 12.8. The highest BCUT2D eigenvalue weighted by molar-refractivity contribution is 7.89. The van der Waals surface area contributed by atoms with E-state index in [-0.39, 0.29) is 23.9 Å². The summed E-state index contributed by atoms with van der Waals surface area (Å²) >= 11 is -1.57. The van der Waals surface area contributed by atoms with E-state index < -0.39 is 17.2 Å². The van der Waals surface area contributed by atoms with E-state index in [9.17, 15) is 8.94 Å². The second-order valence-electron chi connectivity index (χ2n) is 5.93. The number of nitrogens with zero attached hydrogens (tertiary/aromatic N) is 5. The van der Waals surface area contributed by atoms with Crippen molar-refractivity contribution in [2.45, 2.75) is 11.5 Å². The number of benzene rings is 2. The zero-order valence-corrected chi connectivity index (χ0v) is 16.0. The minimum Gasteiger partial charge on any atom is -0.593 e. The lowest BCUT2D eigenvalue weighted by Gasteiger charge is -2.06. The number of rotatable bonds is 6. The van der Waals surface area contributed by atoms with Crippen molar-refractivity contribution in [3.05, 3.63) is 60.0 Å². The van der Waals surface area contributed by atoms with Crippen molar-refractivity contribution in [2.75, 3.05) is 7.11 Å². The molecule has 1 unspecified atom stereocenters. The average molecular weight is 414 g/mol. The van der Waals surface area contributed by atoms with E-state index in [0.29, 0.717) is 22.0 Å². The molecule has 2 aromatic heterocycles. The molecule has 0 aliphatic rings. The van der Waals surface area contributed by atoms with Gasteiger partial charge in [-0.15, -0.1) is 10.2 Å². The van der Waals surface area contributed by atoms with Gasteiger partial charge in [0.15, 0.2) is 10.6 Å². The smallest absolute Gasteiger partial charge is 0.280 e. The molecule has 0 spiro atoms. The van der Waals surface area contributed by atoms with Crippen LogP contribution >= 0.6 is 0 Å². The van der Waals surface area contributed by atoms with Crippen LogP contribution in [0.1, 0.15) is 5.69 Å². The Bertz CT molecular complexity index is 1130. The van der Waals surface area contributed by atoms with E-state index in [1.54, 1.807) is 42.5 Å². The van der Waals surface area contributed by atoms with Crippen molar-refractivity contribution in [2.24, 2.45) is 5.14 Å². The Kier molecular flexibility index (Phi) is 5.36. The van der Waals surface area contributed by atoms with Crippen molar-refractivity contribution in [3.8, 4) is 28.7 Å². The summed E-state index contributed by atoms with van der Waals surface area (Å²) < 4.78 is 37.4. The number of methoxy groups -OCH3 is 1. The van der Waals surface area contributed by atoms with E-state index in [2.05, 4.69) is 20.5 Å². The third-order valence-corrected chi connectivity index (χ3v) is 4.84. The molecule has 0 aliphatic heterocycles. The summed E-state index contributed by atoms with van der Waals surface area (Å²) in [4.78, 5) is 4.83. The Morgan fingerprint density at radius 3 is 2.66 bits per heavy atom. The molecule has 1 atom stereocenters. The molecule has 4 aromatic rings. The molecule has 0 amide bonds. The molecule has 11 heteroatoms. The van der Waals surface area contributed by atoms with E-state index >= 15 is 0 Å². The topological polar surface area (TPSA) is 128 Å². The number of para-hydroxylation sites is 1. The van der Waals surface area contributed by atoms with E-state index in [1.807, 2.05) is 0 Å². The summed E-state index contributed by atoms with van der Waals surface area (Å²) in [6.45, 7) is 0.103. The van der Waals surface area contributed by atoms with Crippen molar-refractivity contribution >= 4 is 11.4 Å². The second-order valence-corrected chi connectivity index (χ2v) is 6.99. The first-order chi connectivity index (χ1) is 14.1. The van der Waals surface area contributed by atoms with Gasteiger partial charge in [0.25, 0.3) is 5.89 Å². The third-order valence-electron chi connectivity index (χ3n) is 4.10. The standard InChI is InChI=1S/C18H15FN6O3S/c1-27-10-15-16(22-24-25(15)14-5-3-2-4-13(14)19)18-21-17(23-28-18)11-6-8-12(9-7-11)29(20)26/h2-9H,10,20H2,1H3. The largest absolute Gasteiger partial charge is 0.593 e. The number of nitrogens with two attached hydrogens (primary N) is 1. The minimum atomic E-state index is -1.57. The SMILES string of the molecule is COCc1c(-c2nc(-c3ccc([S+](N)[O-])cc3)no2)nnn1-c1ccccc1F. The second kappa shape index (κ2) is 8.09. The van der Waals surface area contributed by atoms with Gasteiger partial charge in [0, 0.05) is 12.7 Å². The van der Waals surface area contributed by atoms with Gasteiger partial charge in [0.2, 0.25) is 5.82 Å². The van der Waals surface area contributed by atoms with Crippen LogP contribution in [0.15, 0.2) is 57.9 Å². The quantitative estimate of drug-likeness (QED) is 0.476. The fourth-order valence-electron chi connectivity index (χ4n) is 2.73. The minimum absolute atomic E-state index is 0.103. The lowest BCUT2D eigenvalue weighted by atomic mass is 10.2. The maximum atomic E-state index is 14.2. The lowest BCUT2D eigenvalue weighted by molar-refractivity contribution is 0.179. The Hall–Kier alpha value is -3.12. The first kappa shape index (κ1) is 19.2. The van der Waals surface area contributed by atoms with E-state index in [4.69, 9.17) is 14.4 Å². The van der Waals surface area contributed by atoms with Crippen LogP contribution in [0.4, 0.5) is 4.39 Å². The van der Waals surface area contributed by atoms with Crippen LogP contribution < -0.4 is 5.14 Å². The number of aromatic nitrogens is 5. The number of hydrogen-bond acceptors (Lipinski definition) is 8. The highest BCUT2D eigenvalue weighted by Gasteiger charge is 2.23. The van der Waals surface area contributed by atoms with Crippen LogP contribution in [0.25, 0.3) is 28.7 Å². The summed E-state index contributed by atoms with van der Waals surface area (Å²) in [5.41, 5.74) is 1.61. The monoisotopic (exact) mass is 414 g/mol. The van der Waals surface area contributed by atoms with Crippen LogP contribution in [0, 0.1) is 5.82 Å². The van der Waals surface area contributed by atoms with Crippen LogP contribution in [-0.4, -0.2) is 36.8 Å². The first-order valence-corrected chi connectivity index (χ1v) is 9.59. The molecule has 2 N–H and O–H groups in total. The van der Waals surface area contributed by atoms with Gasteiger partial charge in [-0.05, 0) is 36.4 Å². The van der Waals surface area contributed by atoms with Crippen molar-refractivity contribution in [1.29, 1.82) is 0 Å². The fraction of sp³-hybridized carbons (Fsp3) is 0.111. The van der Waals surface area contributed by atoms with Crippen molar-refractivity contribution in [1.82, 2.24) is 25.1 Å². The number of halogens is 1. The van der Waals surface area contributed by atoms with Gasteiger partial charge in [0.05, 0.1) is 18.0 Å². The Morgan fingerprint density at radius 1 is 1.21 bits per heavy atom. The van der Waals surface area contributed by atoms with Gasteiger partial charge in [-0.1, -0.05) is 22.5 Å². The van der Waals surface area contributed by atoms with Gasteiger partial charge in [-0.2, -0.15) is 4.98 Å². The molecule has 29 heavy (non-hydrogen) atoms. The molecule has 2 heterocycles. The molecule has 0 radical (unpaired) electrons. The molecule has 0 saturated heterocycles. The Balaban J connectivity index is 1.72. The van der Waals surface area contributed by atoms with E-state index in [1.165, 1.54) is 17.9 Å². The molecule has 0 bridgehead atoms. The molecule has 9 nitrogen and oxygen atoms in total. The zero-order valence-electron chi connectivity index (χ0n) is 15.2. The van der Waals surface area contributed by atoms with Crippen LogP contribution in [-0.2, 0) is 22.7 Å². The van der Waals surface area contributed by atoms with Crippen molar-refractivity contribution in [3.63, 3.8) is 0 Å². The maximum absolute atomic E-state index is 14.2. The van der Waals surface area contributed by atoms with Crippen molar-refractivity contribution < 1.29 is 18.2 Å². The predicted octanol–water partition coefficient (Wildman–Crippen LogP) is 2.25. The predicted molar refractivity (Wildman–Crippen MR) is 101 cm³/mol. The molecular weight excluding hydrogens is 399 g/mol. The molecule has 2 aromatic carbocycles. The summed E-state index contributed by atoms with van der Waals surface area (Å²) in [5, 5.41) is 17.4. The van der Waals surface area contributed by atoms with Gasteiger partial charge in [-0.3, -0.25) is 0 Å².